The first-order valence-corrected chi connectivity index (χ1v) is 11.0. The Morgan fingerprint density at radius 1 is 1.03 bits per heavy atom. The SMILES string of the molecule is Cc1ccc(NC(=O)COC(=O)c2ccc(Cl)c(S(=O)(=O)NC(C)(C)C)c2)cc1C. The molecule has 2 rings (SSSR count). The van der Waals surface area contributed by atoms with E-state index in [1.807, 2.05) is 26.0 Å². The van der Waals surface area contributed by atoms with Crippen molar-refractivity contribution in [1.82, 2.24) is 4.72 Å². The van der Waals surface area contributed by atoms with Gasteiger partial charge in [0, 0.05) is 11.2 Å². The standard InChI is InChI=1S/C21H25ClN2O5S/c1-13-6-8-16(10-14(13)2)23-19(25)12-29-20(26)15-7-9-17(22)18(11-15)30(27,28)24-21(3,4)5/h6-11,24H,12H2,1-5H3,(H,23,25). The van der Waals surface area contributed by atoms with Gasteiger partial charge in [-0.1, -0.05) is 17.7 Å². The van der Waals surface area contributed by atoms with E-state index in [1.54, 1.807) is 26.8 Å². The molecule has 0 radical (unpaired) electrons. The second kappa shape index (κ2) is 9.16. The predicted octanol–water partition coefficient (Wildman–Crippen LogP) is 3.83. The van der Waals surface area contributed by atoms with Crippen molar-refractivity contribution in [2.24, 2.45) is 0 Å². The lowest BCUT2D eigenvalue weighted by atomic mass is 10.1. The largest absolute Gasteiger partial charge is 0.452 e. The van der Waals surface area contributed by atoms with E-state index in [2.05, 4.69) is 10.0 Å². The van der Waals surface area contributed by atoms with Crippen molar-refractivity contribution in [3.8, 4) is 0 Å². The van der Waals surface area contributed by atoms with Crippen molar-refractivity contribution >= 4 is 39.2 Å². The maximum absolute atomic E-state index is 12.6. The van der Waals surface area contributed by atoms with E-state index in [4.69, 9.17) is 16.3 Å². The topological polar surface area (TPSA) is 102 Å². The molecule has 1 amide bonds. The van der Waals surface area contributed by atoms with E-state index in [1.165, 1.54) is 12.1 Å². The lowest BCUT2D eigenvalue weighted by molar-refractivity contribution is -0.119. The molecule has 9 heteroatoms. The Morgan fingerprint density at radius 3 is 2.30 bits per heavy atom. The maximum Gasteiger partial charge on any atom is 0.338 e. The number of aryl methyl sites for hydroxylation is 2. The molecule has 0 heterocycles. The molecule has 2 N–H and O–H groups in total. The van der Waals surface area contributed by atoms with Gasteiger partial charge in [0.05, 0.1) is 10.6 Å². The highest BCUT2D eigenvalue weighted by atomic mass is 35.5. The van der Waals surface area contributed by atoms with Crippen LogP contribution < -0.4 is 10.0 Å². The molecule has 2 aromatic carbocycles. The van der Waals surface area contributed by atoms with Crippen LogP contribution in [-0.4, -0.2) is 32.4 Å². The number of amides is 1. The van der Waals surface area contributed by atoms with Gasteiger partial charge in [0.25, 0.3) is 5.91 Å². The number of hydrogen-bond donors (Lipinski definition) is 2. The summed E-state index contributed by atoms with van der Waals surface area (Å²) in [5.41, 5.74) is 1.93. The van der Waals surface area contributed by atoms with E-state index >= 15 is 0 Å². The summed E-state index contributed by atoms with van der Waals surface area (Å²) in [5, 5.41) is 2.61. The molecule has 0 fully saturated rings. The number of anilines is 1. The summed E-state index contributed by atoms with van der Waals surface area (Å²) in [6.07, 6.45) is 0. The van der Waals surface area contributed by atoms with Gasteiger partial charge in [0.2, 0.25) is 10.0 Å². The Hall–Kier alpha value is -2.42. The minimum Gasteiger partial charge on any atom is -0.452 e. The summed E-state index contributed by atoms with van der Waals surface area (Å²) in [4.78, 5) is 24.1. The van der Waals surface area contributed by atoms with Gasteiger partial charge in [0.1, 0.15) is 4.90 Å². The zero-order chi connectivity index (χ0) is 22.7. The molecule has 0 saturated heterocycles. The molecule has 0 aliphatic heterocycles. The molecule has 0 spiro atoms. The third-order valence-electron chi connectivity index (χ3n) is 4.02. The normalized spacial score (nSPS) is 11.8. The molecule has 0 unspecified atom stereocenters. The molecule has 0 aromatic heterocycles. The number of esters is 1. The monoisotopic (exact) mass is 452 g/mol. The third kappa shape index (κ3) is 6.55. The molecule has 0 bridgehead atoms. The number of rotatable bonds is 6. The minimum absolute atomic E-state index is 0.0317. The van der Waals surface area contributed by atoms with Crippen LogP contribution in [0, 0.1) is 13.8 Å². The fraction of sp³-hybridized carbons (Fsp3) is 0.333. The number of benzene rings is 2. The smallest absolute Gasteiger partial charge is 0.338 e. The Labute approximate surface area is 181 Å². The summed E-state index contributed by atoms with van der Waals surface area (Å²) in [6, 6.07) is 9.19. The van der Waals surface area contributed by atoms with Crippen molar-refractivity contribution in [1.29, 1.82) is 0 Å². The fourth-order valence-electron chi connectivity index (χ4n) is 2.53. The number of sulfonamides is 1. The van der Waals surface area contributed by atoms with Crippen LogP contribution in [0.15, 0.2) is 41.3 Å². The summed E-state index contributed by atoms with van der Waals surface area (Å²) in [7, 11) is -3.95. The first-order chi connectivity index (χ1) is 13.8. The summed E-state index contributed by atoms with van der Waals surface area (Å²) in [6.45, 7) is 8.42. The molecule has 0 aliphatic rings. The molecular weight excluding hydrogens is 428 g/mol. The van der Waals surface area contributed by atoms with Crippen LogP contribution in [0.4, 0.5) is 5.69 Å². The summed E-state index contributed by atoms with van der Waals surface area (Å²) < 4.78 is 32.6. The molecule has 7 nitrogen and oxygen atoms in total. The molecule has 0 aliphatic carbocycles. The zero-order valence-electron chi connectivity index (χ0n) is 17.5. The van der Waals surface area contributed by atoms with E-state index in [-0.39, 0.29) is 15.5 Å². The average molecular weight is 453 g/mol. The highest BCUT2D eigenvalue weighted by molar-refractivity contribution is 7.89. The molecule has 0 atom stereocenters. The van der Waals surface area contributed by atoms with E-state index < -0.39 is 34.0 Å². The van der Waals surface area contributed by atoms with Crippen LogP contribution in [0.3, 0.4) is 0 Å². The van der Waals surface area contributed by atoms with Crippen LogP contribution in [0.25, 0.3) is 0 Å². The molecule has 0 saturated carbocycles. The number of nitrogens with one attached hydrogen (secondary N) is 2. The Morgan fingerprint density at radius 2 is 1.70 bits per heavy atom. The number of ether oxygens (including phenoxy) is 1. The third-order valence-corrected chi connectivity index (χ3v) is 6.26. The Bertz CT molecular complexity index is 1080. The highest BCUT2D eigenvalue weighted by Gasteiger charge is 2.25. The van der Waals surface area contributed by atoms with Crippen LogP contribution in [0.2, 0.25) is 5.02 Å². The average Bonchev–Trinajstić information content (AvgIpc) is 2.61. The van der Waals surface area contributed by atoms with Crippen LogP contribution in [0.1, 0.15) is 42.3 Å². The van der Waals surface area contributed by atoms with Crippen LogP contribution >= 0.6 is 11.6 Å². The number of carbonyl (C=O) groups excluding carboxylic acids is 2. The van der Waals surface area contributed by atoms with Gasteiger partial charge in [-0.3, -0.25) is 4.79 Å². The second-order valence-electron chi connectivity index (χ2n) is 7.92. The second-order valence-corrected chi connectivity index (χ2v) is 9.98. The number of hydrogen-bond acceptors (Lipinski definition) is 5. The number of carbonyl (C=O) groups is 2. The number of halogens is 1. The van der Waals surface area contributed by atoms with Gasteiger partial charge >= 0.3 is 5.97 Å². The molecule has 2 aromatic rings. The summed E-state index contributed by atoms with van der Waals surface area (Å²) >= 11 is 6.02. The summed E-state index contributed by atoms with van der Waals surface area (Å²) in [5.74, 6) is -1.35. The van der Waals surface area contributed by atoms with Gasteiger partial charge in [-0.2, -0.15) is 0 Å². The Kier molecular flexibility index (Phi) is 7.28. The van der Waals surface area contributed by atoms with E-state index in [9.17, 15) is 18.0 Å². The molecular formula is C21H25ClN2O5S. The van der Waals surface area contributed by atoms with E-state index in [0.29, 0.717) is 5.69 Å². The van der Waals surface area contributed by atoms with Crippen LogP contribution in [-0.2, 0) is 19.6 Å². The molecule has 162 valence electrons. The van der Waals surface area contributed by atoms with Crippen molar-refractivity contribution in [2.45, 2.75) is 45.1 Å². The van der Waals surface area contributed by atoms with Gasteiger partial charge < -0.3 is 10.1 Å². The van der Waals surface area contributed by atoms with Crippen molar-refractivity contribution in [3.05, 3.63) is 58.1 Å². The predicted molar refractivity (Wildman–Crippen MR) is 116 cm³/mol. The fourth-order valence-corrected chi connectivity index (χ4v) is 4.47. The lowest BCUT2D eigenvalue weighted by Crippen LogP contribution is -2.40. The van der Waals surface area contributed by atoms with Crippen molar-refractivity contribution in [3.63, 3.8) is 0 Å². The minimum atomic E-state index is -3.95. The first kappa shape index (κ1) is 23.9. The van der Waals surface area contributed by atoms with Gasteiger partial charge in [0.15, 0.2) is 6.61 Å². The van der Waals surface area contributed by atoms with Crippen molar-refractivity contribution < 1.29 is 22.7 Å². The van der Waals surface area contributed by atoms with Crippen molar-refractivity contribution in [2.75, 3.05) is 11.9 Å². The highest BCUT2D eigenvalue weighted by Crippen LogP contribution is 2.24. The lowest BCUT2D eigenvalue weighted by Gasteiger charge is -2.21. The van der Waals surface area contributed by atoms with Gasteiger partial charge in [-0.15, -0.1) is 0 Å². The zero-order valence-corrected chi connectivity index (χ0v) is 19.1. The Balaban J connectivity index is 2.08. The maximum atomic E-state index is 12.6. The van der Waals surface area contributed by atoms with Gasteiger partial charge in [-0.25, -0.2) is 17.9 Å². The quantitative estimate of drug-likeness (QED) is 0.648. The van der Waals surface area contributed by atoms with Gasteiger partial charge in [-0.05, 0) is 76.1 Å². The van der Waals surface area contributed by atoms with E-state index in [0.717, 1.165) is 17.2 Å². The first-order valence-electron chi connectivity index (χ1n) is 9.16. The van der Waals surface area contributed by atoms with Crippen LogP contribution in [0.5, 0.6) is 0 Å². The molecule has 30 heavy (non-hydrogen) atoms.